The summed E-state index contributed by atoms with van der Waals surface area (Å²) in [4.78, 5) is 5.06. The first-order chi connectivity index (χ1) is 22.7. The Hall–Kier alpha value is -6.24. The fraction of sp³-hybridized carbons (Fsp3) is 0.0233. The first kappa shape index (κ1) is 27.3. The lowest BCUT2D eigenvalue weighted by molar-refractivity contribution is 0.664. The van der Waals surface area contributed by atoms with Gasteiger partial charge in [0.05, 0.1) is 17.3 Å². The van der Waals surface area contributed by atoms with Crippen molar-refractivity contribution < 1.29 is 0 Å². The van der Waals surface area contributed by atoms with Crippen molar-refractivity contribution in [1.29, 1.82) is 5.26 Å². The highest BCUT2D eigenvalue weighted by molar-refractivity contribution is 6.13. The molecule has 46 heavy (non-hydrogen) atoms. The van der Waals surface area contributed by atoms with Gasteiger partial charge in [0.15, 0.2) is 0 Å². The SMILES string of the molecule is N#Cc1cc(-c2cccc3ccc(-c4ccc(C5=CC(c6ccccc6)=NC(c6ccccc6)N5)cc4)cc23)cc2ccccc12. The summed E-state index contributed by atoms with van der Waals surface area (Å²) in [5.74, 6) is 0. The number of fused-ring (bicyclic) bond motifs is 2. The van der Waals surface area contributed by atoms with Gasteiger partial charge in [-0.1, -0.05) is 140 Å². The van der Waals surface area contributed by atoms with Crippen LogP contribution in [0, 0.1) is 11.3 Å². The Morgan fingerprint density at radius 1 is 0.522 bits per heavy atom. The molecule has 0 saturated carbocycles. The van der Waals surface area contributed by atoms with Crippen molar-refractivity contribution in [2.45, 2.75) is 6.17 Å². The quantitative estimate of drug-likeness (QED) is 0.218. The van der Waals surface area contributed by atoms with Gasteiger partial charge in [-0.15, -0.1) is 0 Å². The standard InChI is InChI=1S/C43H29N3/c44-28-37-25-36(24-35-14-7-8-16-38(35)37)39-17-9-15-30-20-23-34(26-40(30)39)29-18-21-32(22-19-29)42-27-41(31-10-3-1-4-11-31)45-43(46-42)33-12-5-2-6-13-33/h1-27,43,46H. The number of hydrogen-bond acceptors (Lipinski definition) is 3. The van der Waals surface area contributed by atoms with Gasteiger partial charge in [-0.25, -0.2) is 0 Å². The molecule has 3 nitrogen and oxygen atoms in total. The van der Waals surface area contributed by atoms with Gasteiger partial charge in [0, 0.05) is 5.70 Å². The van der Waals surface area contributed by atoms with E-state index >= 15 is 0 Å². The molecule has 0 saturated heterocycles. The van der Waals surface area contributed by atoms with Crippen molar-refractivity contribution >= 4 is 33.0 Å². The number of aliphatic imine (C=N–C) groups is 1. The highest BCUT2D eigenvalue weighted by atomic mass is 15.1. The third kappa shape index (κ3) is 5.13. The Labute approximate surface area is 268 Å². The molecule has 1 unspecified atom stereocenters. The maximum absolute atomic E-state index is 9.91. The van der Waals surface area contributed by atoms with Crippen LogP contribution in [-0.4, -0.2) is 5.71 Å². The van der Waals surface area contributed by atoms with Crippen LogP contribution in [-0.2, 0) is 0 Å². The normalized spacial score (nSPS) is 14.3. The minimum atomic E-state index is -0.174. The molecule has 1 aliphatic rings. The zero-order valence-corrected chi connectivity index (χ0v) is 25.1. The minimum absolute atomic E-state index is 0.174. The number of allylic oxidation sites excluding steroid dienone is 1. The monoisotopic (exact) mass is 587 g/mol. The second-order valence-corrected chi connectivity index (χ2v) is 11.6. The van der Waals surface area contributed by atoms with Crippen LogP contribution >= 0.6 is 0 Å². The molecule has 0 aromatic heterocycles. The van der Waals surface area contributed by atoms with Gasteiger partial charge in [0.2, 0.25) is 0 Å². The van der Waals surface area contributed by atoms with Crippen LogP contribution in [0.3, 0.4) is 0 Å². The number of nitriles is 1. The van der Waals surface area contributed by atoms with Gasteiger partial charge < -0.3 is 5.32 Å². The van der Waals surface area contributed by atoms with Crippen LogP contribution < -0.4 is 5.32 Å². The Morgan fingerprint density at radius 2 is 1.22 bits per heavy atom. The van der Waals surface area contributed by atoms with Crippen LogP contribution in [0.25, 0.3) is 49.5 Å². The van der Waals surface area contributed by atoms with E-state index in [9.17, 15) is 5.26 Å². The summed E-state index contributed by atoms with van der Waals surface area (Å²) < 4.78 is 0. The fourth-order valence-electron chi connectivity index (χ4n) is 6.37. The second kappa shape index (κ2) is 11.7. The lowest BCUT2D eigenvalue weighted by Crippen LogP contribution is -2.24. The average molecular weight is 588 g/mol. The van der Waals surface area contributed by atoms with E-state index in [0.717, 1.165) is 66.5 Å². The lowest BCUT2D eigenvalue weighted by Gasteiger charge is -2.25. The molecule has 8 rings (SSSR count). The lowest BCUT2D eigenvalue weighted by atomic mass is 9.92. The van der Waals surface area contributed by atoms with Crippen molar-refractivity contribution in [3.63, 3.8) is 0 Å². The van der Waals surface area contributed by atoms with Gasteiger partial charge in [-0.05, 0) is 84.8 Å². The molecule has 1 heterocycles. The first-order valence-electron chi connectivity index (χ1n) is 15.5. The summed E-state index contributed by atoms with van der Waals surface area (Å²) in [6.45, 7) is 0. The third-order valence-electron chi connectivity index (χ3n) is 8.73. The van der Waals surface area contributed by atoms with Crippen LogP contribution in [0.5, 0.6) is 0 Å². The molecule has 0 spiro atoms. The Morgan fingerprint density at radius 3 is 2.02 bits per heavy atom. The molecular formula is C43H29N3. The molecule has 3 heteroatoms. The van der Waals surface area contributed by atoms with E-state index in [1.807, 2.05) is 36.4 Å². The van der Waals surface area contributed by atoms with E-state index in [2.05, 4.69) is 139 Å². The van der Waals surface area contributed by atoms with Crippen LogP contribution in [0.15, 0.2) is 169 Å². The van der Waals surface area contributed by atoms with E-state index in [0.29, 0.717) is 5.56 Å². The summed E-state index contributed by atoms with van der Waals surface area (Å²) in [7, 11) is 0. The number of rotatable bonds is 5. The maximum Gasteiger partial charge on any atom is 0.145 e. The fourth-order valence-corrected chi connectivity index (χ4v) is 6.37. The smallest absolute Gasteiger partial charge is 0.145 e. The highest BCUT2D eigenvalue weighted by Gasteiger charge is 2.19. The summed E-state index contributed by atoms with van der Waals surface area (Å²) in [6.07, 6.45) is 1.97. The highest BCUT2D eigenvalue weighted by Crippen LogP contribution is 2.35. The van der Waals surface area contributed by atoms with Gasteiger partial charge in [0.1, 0.15) is 6.17 Å². The van der Waals surface area contributed by atoms with E-state index in [1.54, 1.807) is 0 Å². The van der Waals surface area contributed by atoms with Crippen LogP contribution in [0.2, 0.25) is 0 Å². The van der Waals surface area contributed by atoms with Crippen molar-refractivity contribution in [2.75, 3.05) is 0 Å². The summed E-state index contributed by atoms with van der Waals surface area (Å²) in [5.41, 5.74) is 10.5. The Balaban J connectivity index is 1.16. The Bertz CT molecular complexity index is 2330. The van der Waals surface area contributed by atoms with Crippen molar-refractivity contribution in [3.8, 4) is 28.3 Å². The number of nitrogens with zero attached hydrogens (tertiary/aromatic N) is 2. The zero-order chi connectivity index (χ0) is 30.9. The molecule has 0 bridgehead atoms. The van der Waals surface area contributed by atoms with Gasteiger partial charge in [-0.2, -0.15) is 5.26 Å². The van der Waals surface area contributed by atoms with E-state index in [1.165, 1.54) is 5.39 Å². The number of benzene rings is 7. The van der Waals surface area contributed by atoms with Gasteiger partial charge >= 0.3 is 0 Å². The van der Waals surface area contributed by atoms with E-state index in [-0.39, 0.29) is 6.17 Å². The molecular weight excluding hydrogens is 558 g/mol. The Kier molecular flexibility index (Phi) is 6.94. The number of hydrogen-bond donors (Lipinski definition) is 1. The van der Waals surface area contributed by atoms with Crippen LogP contribution in [0.1, 0.15) is 28.4 Å². The predicted molar refractivity (Wildman–Crippen MR) is 190 cm³/mol. The predicted octanol–water partition coefficient (Wildman–Crippen LogP) is 10.3. The molecule has 0 fully saturated rings. The molecule has 0 amide bonds. The average Bonchev–Trinajstić information content (AvgIpc) is 3.14. The number of nitrogens with one attached hydrogen (secondary N) is 1. The molecule has 216 valence electrons. The summed E-state index contributed by atoms with van der Waals surface area (Å²) >= 11 is 0. The zero-order valence-electron chi connectivity index (χ0n) is 25.1. The largest absolute Gasteiger partial charge is 0.360 e. The molecule has 7 aromatic carbocycles. The topological polar surface area (TPSA) is 48.2 Å². The van der Waals surface area contributed by atoms with E-state index in [4.69, 9.17) is 4.99 Å². The third-order valence-corrected chi connectivity index (χ3v) is 8.73. The van der Waals surface area contributed by atoms with Crippen molar-refractivity contribution in [3.05, 3.63) is 186 Å². The molecule has 0 aliphatic carbocycles. The molecule has 0 radical (unpaired) electrons. The van der Waals surface area contributed by atoms with Gasteiger partial charge in [0.25, 0.3) is 0 Å². The summed E-state index contributed by atoms with van der Waals surface area (Å²) in [6, 6.07) is 57.2. The second-order valence-electron chi connectivity index (χ2n) is 11.6. The molecule has 1 N–H and O–H groups in total. The first-order valence-corrected chi connectivity index (χ1v) is 15.5. The maximum atomic E-state index is 9.91. The van der Waals surface area contributed by atoms with Gasteiger partial charge in [-0.3, -0.25) is 4.99 Å². The molecule has 1 atom stereocenters. The van der Waals surface area contributed by atoms with Crippen molar-refractivity contribution in [2.24, 2.45) is 4.99 Å². The molecule has 7 aromatic rings. The van der Waals surface area contributed by atoms with Crippen molar-refractivity contribution in [1.82, 2.24) is 5.32 Å². The summed E-state index contributed by atoms with van der Waals surface area (Å²) in [5, 5.41) is 18.0. The van der Waals surface area contributed by atoms with E-state index < -0.39 is 0 Å². The van der Waals surface area contributed by atoms with Crippen LogP contribution in [0.4, 0.5) is 0 Å². The minimum Gasteiger partial charge on any atom is -0.360 e. The molecule has 1 aliphatic heterocycles.